The van der Waals surface area contributed by atoms with E-state index < -0.39 is 11.6 Å². The van der Waals surface area contributed by atoms with Gasteiger partial charge in [-0.25, -0.2) is 4.79 Å². The van der Waals surface area contributed by atoms with Gasteiger partial charge in [0, 0.05) is 13.1 Å². The molecule has 1 unspecified atom stereocenters. The summed E-state index contributed by atoms with van der Waals surface area (Å²) in [6.45, 7) is 6.97. The van der Waals surface area contributed by atoms with E-state index in [0.29, 0.717) is 12.5 Å². The molecule has 5 nitrogen and oxygen atoms in total. The minimum absolute atomic E-state index is 0.114. The zero-order valence-electron chi connectivity index (χ0n) is 18.7. The number of hydrogen-bond donors (Lipinski definition) is 0. The first-order valence-corrected chi connectivity index (χ1v) is 11.7. The van der Waals surface area contributed by atoms with Gasteiger partial charge in [-0.15, -0.1) is 0 Å². The molecule has 2 fully saturated rings. The van der Waals surface area contributed by atoms with Crippen LogP contribution in [0.5, 0.6) is 0 Å². The number of hydrogen-bond acceptors (Lipinski definition) is 3. The highest BCUT2D eigenvalue weighted by atomic mass is 16.6. The molecule has 2 atom stereocenters. The molecule has 1 aromatic rings. The van der Waals surface area contributed by atoms with E-state index in [-0.39, 0.29) is 18.0 Å². The summed E-state index contributed by atoms with van der Waals surface area (Å²) in [4.78, 5) is 30.4. The molecule has 4 rings (SSSR count). The Bertz CT molecular complexity index is 779. The number of nitrogens with zero attached hydrogens (tertiary/aromatic N) is 2. The molecule has 0 bridgehead atoms. The number of carbonyl (C=O) groups is 2. The van der Waals surface area contributed by atoms with E-state index in [2.05, 4.69) is 29.2 Å². The third-order valence-electron chi connectivity index (χ3n) is 6.88. The van der Waals surface area contributed by atoms with Crippen molar-refractivity contribution in [3.63, 3.8) is 0 Å². The van der Waals surface area contributed by atoms with Gasteiger partial charge in [0.1, 0.15) is 11.6 Å². The lowest BCUT2D eigenvalue weighted by molar-refractivity contribution is -0.140. The third kappa shape index (κ3) is 4.35. The Morgan fingerprint density at radius 1 is 0.933 bits per heavy atom. The molecule has 5 heteroatoms. The first kappa shape index (κ1) is 21.2. The molecule has 1 aliphatic carbocycles. The molecule has 1 aromatic carbocycles. The molecule has 1 saturated heterocycles. The van der Waals surface area contributed by atoms with Gasteiger partial charge in [-0.05, 0) is 69.9 Å². The zero-order valence-corrected chi connectivity index (χ0v) is 18.7. The summed E-state index contributed by atoms with van der Waals surface area (Å²) in [7, 11) is 0. The van der Waals surface area contributed by atoms with Gasteiger partial charge in [-0.2, -0.15) is 0 Å². The van der Waals surface area contributed by atoms with Crippen molar-refractivity contribution in [3.8, 4) is 0 Å². The van der Waals surface area contributed by atoms with E-state index in [9.17, 15) is 9.59 Å². The molecule has 3 aliphatic rings. The van der Waals surface area contributed by atoms with Gasteiger partial charge in [0.2, 0.25) is 5.91 Å². The largest absolute Gasteiger partial charge is 0.444 e. The fourth-order valence-corrected chi connectivity index (χ4v) is 5.56. The Balaban J connectivity index is 1.59. The zero-order chi connectivity index (χ0) is 21.3. The molecule has 0 radical (unpaired) electrons. The molecule has 1 saturated carbocycles. The Kier molecular flexibility index (Phi) is 6.08. The van der Waals surface area contributed by atoms with E-state index in [1.54, 1.807) is 4.90 Å². The summed E-state index contributed by atoms with van der Waals surface area (Å²) in [5, 5.41) is 0. The van der Waals surface area contributed by atoms with Crippen LogP contribution in [0.3, 0.4) is 0 Å². The van der Waals surface area contributed by atoms with Gasteiger partial charge < -0.3 is 9.64 Å². The summed E-state index contributed by atoms with van der Waals surface area (Å²) in [5.41, 5.74) is 2.15. The molecule has 30 heavy (non-hydrogen) atoms. The molecule has 2 heterocycles. The minimum Gasteiger partial charge on any atom is -0.444 e. The van der Waals surface area contributed by atoms with E-state index in [1.165, 1.54) is 43.2 Å². The van der Waals surface area contributed by atoms with Crippen molar-refractivity contribution < 1.29 is 14.3 Å². The van der Waals surface area contributed by atoms with Crippen molar-refractivity contribution in [1.29, 1.82) is 0 Å². The van der Waals surface area contributed by atoms with Gasteiger partial charge in [0.05, 0.1) is 6.04 Å². The van der Waals surface area contributed by atoms with Crippen LogP contribution < -0.4 is 0 Å². The molecule has 0 N–H and O–H groups in total. The summed E-state index contributed by atoms with van der Waals surface area (Å²) in [5.74, 6) is 0.629. The SMILES string of the molecule is CC(C)(C)OC(=O)N1CCC[C@H]1C(=O)N1CCc2ccccc2C1C1CCCCC1. The highest BCUT2D eigenvalue weighted by Gasteiger charge is 2.43. The second kappa shape index (κ2) is 8.60. The van der Waals surface area contributed by atoms with Crippen molar-refractivity contribution in [2.75, 3.05) is 13.1 Å². The van der Waals surface area contributed by atoms with Crippen molar-refractivity contribution in [2.45, 2.75) is 89.8 Å². The fraction of sp³-hybridized carbons (Fsp3) is 0.680. The van der Waals surface area contributed by atoms with E-state index in [0.717, 1.165) is 25.8 Å². The quantitative estimate of drug-likeness (QED) is 0.680. The minimum atomic E-state index is -0.554. The van der Waals surface area contributed by atoms with Crippen molar-refractivity contribution >= 4 is 12.0 Å². The summed E-state index contributed by atoms with van der Waals surface area (Å²) in [6, 6.07) is 8.39. The van der Waals surface area contributed by atoms with Crippen LogP contribution in [0.15, 0.2) is 24.3 Å². The number of likely N-dealkylation sites (tertiary alicyclic amines) is 1. The predicted octanol–water partition coefficient (Wildman–Crippen LogP) is 5.09. The van der Waals surface area contributed by atoms with Crippen molar-refractivity contribution in [3.05, 3.63) is 35.4 Å². The predicted molar refractivity (Wildman–Crippen MR) is 117 cm³/mol. The molecule has 0 spiro atoms. The summed E-state index contributed by atoms with van der Waals surface area (Å²) in [6.07, 6.45) is 8.29. The second-order valence-electron chi connectivity index (χ2n) is 10.2. The average Bonchev–Trinajstić information content (AvgIpc) is 3.22. The number of fused-ring (bicyclic) bond motifs is 1. The van der Waals surface area contributed by atoms with E-state index >= 15 is 0 Å². The summed E-state index contributed by atoms with van der Waals surface area (Å²) < 4.78 is 5.61. The lowest BCUT2D eigenvalue weighted by Crippen LogP contribution is -2.52. The third-order valence-corrected chi connectivity index (χ3v) is 6.88. The van der Waals surface area contributed by atoms with Crippen LogP contribution in [0.1, 0.15) is 82.9 Å². The number of amides is 2. The van der Waals surface area contributed by atoms with Crippen LogP contribution in [0.25, 0.3) is 0 Å². The molecule has 2 amide bonds. The van der Waals surface area contributed by atoms with Gasteiger partial charge in [-0.1, -0.05) is 43.5 Å². The Hall–Kier alpha value is -2.04. The average molecular weight is 413 g/mol. The topological polar surface area (TPSA) is 49.9 Å². The number of ether oxygens (including phenoxy) is 1. The molecular weight excluding hydrogens is 376 g/mol. The van der Waals surface area contributed by atoms with Crippen molar-refractivity contribution in [2.24, 2.45) is 5.92 Å². The molecule has 164 valence electrons. The normalized spacial score (nSPS) is 25.2. The summed E-state index contributed by atoms with van der Waals surface area (Å²) >= 11 is 0. The van der Waals surface area contributed by atoms with Crippen LogP contribution in [0, 0.1) is 5.92 Å². The number of benzene rings is 1. The smallest absolute Gasteiger partial charge is 0.410 e. The molecule has 2 aliphatic heterocycles. The van der Waals surface area contributed by atoms with Crippen LogP contribution in [-0.4, -0.2) is 46.5 Å². The van der Waals surface area contributed by atoms with Crippen LogP contribution in [0.2, 0.25) is 0 Å². The number of rotatable bonds is 2. The fourth-order valence-electron chi connectivity index (χ4n) is 5.56. The van der Waals surface area contributed by atoms with Crippen LogP contribution in [0.4, 0.5) is 4.79 Å². The first-order valence-electron chi connectivity index (χ1n) is 11.7. The maximum atomic E-state index is 13.8. The maximum Gasteiger partial charge on any atom is 0.410 e. The standard InChI is InChI=1S/C25H36N2O3/c1-25(2,3)30-24(29)26-16-9-14-21(26)23(28)27-17-15-18-10-7-8-13-20(18)22(27)19-11-5-4-6-12-19/h7-8,10,13,19,21-22H,4-6,9,11-12,14-17H2,1-3H3/t21-,22?/m0/s1. The Morgan fingerprint density at radius 2 is 1.67 bits per heavy atom. The van der Waals surface area contributed by atoms with Crippen LogP contribution >= 0.6 is 0 Å². The van der Waals surface area contributed by atoms with Gasteiger partial charge in [0.15, 0.2) is 0 Å². The second-order valence-corrected chi connectivity index (χ2v) is 10.2. The number of carbonyl (C=O) groups excluding carboxylic acids is 2. The van der Waals surface area contributed by atoms with E-state index in [1.807, 2.05) is 20.8 Å². The van der Waals surface area contributed by atoms with Gasteiger partial charge in [0.25, 0.3) is 0 Å². The lowest BCUT2D eigenvalue weighted by Gasteiger charge is -2.44. The highest BCUT2D eigenvalue weighted by molar-refractivity contribution is 5.87. The first-order chi connectivity index (χ1) is 14.3. The monoisotopic (exact) mass is 412 g/mol. The van der Waals surface area contributed by atoms with Crippen LogP contribution in [-0.2, 0) is 16.0 Å². The maximum absolute atomic E-state index is 13.8. The Labute approximate surface area is 180 Å². The lowest BCUT2D eigenvalue weighted by atomic mass is 9.77. The molecule has 0 aromatic heterocycles. The molecular formula is C25H36N2O3. The highest BCUT2D eigenvalue weighted by Crippen LogP contribution is 2.42. The van der Waals surface area contributed by atoms with Crippen molar-refractivity contribution in [1.82, 2.24) is 9.80 Å². The Morgan fingerprint density at radius 3 is 2.40 bits per heavy atom. The van der Waals surface area contributed by atoms with Gasteiger partial charge in [-0.3, -0.25) is 9.69 Å². The van der Waals surface area contributed by atoms with E-state index in [4.69, 9.17) is 4.74 Å². The van der Waals surface area contributed by atoms with Gasteiger partial charge >= 0.3 is 6.09 Å².